The zero-order valence-electron chi connectivity index (χ0n) is 18.4. The first-order chi connectivity index (χ1) is 15.7. The van der Waals surface area contributed by atoms with Crippen molar-refractivity contribution in [3.8, 4) is 28.9 Å². The third-order valence-corrected chi connectivity index (χ3v) is 4.53. The molecule has 7 heteroatoms. The van der Waals surface area contributed by atoms with Gasteiger partial charge >= 0.3 is 0 Å². The molecule has 0 aliphatic heterocycles. The van der Waals surface area contributed by atoms with Crippen molar-refractivity contribution < 1.29 is 23.7 Å². The van der Waals surface area contributed by atoms with Crippen molar-refractivity contribution in [3.05, 3.63) is 72.4 Å². The van der Waals surface area contributed by atoms with E-state index in [4.69, 9.17) is 18.9 Å². The second-order valence-corrected chi connectivity index (χ2v) is 6.89. The van der Waals surface area contributed by atoms with Crippen LogP contribution in [0.25, 0.3) is 0 Å². The number of rotatable bonds is 12. The van der Waals surface area contributed by atoms with Gasteiger partial charge in [-0.05, 0) is 55.3 Å². The highest BCUT2D eigenvalue weighted by molar-refractivity contribution is 5.75. The molecule has 0 bridgehead atoms. The minimum atomic E-state index is -0.0331. The van der Waals surface area contributed by atoms with Crippen LogP contribution in [0.4, 0.5) is 0 Å². The highest BCUT2D eigenvalue weighted by Gasteiger charge is 2.07. The maximum absolute atomic E-state index is 12.1. The first-order valence-electron chi connectivity index (χ1n) is 10.6. The molecule has 0 unspecified atom stereocenters. The average molecular weight is 437 g/mol. The van der Waals surface area contributed by atoms with Crippen molar-refractivity contribution in [1.82, 2.24) is 10.3 Å². The van der Waals surface area contributed by atoms with E-state index < -0.39 is 0 Å². The molecule has 0 spiro atoms. The molecule has 0 saturated carbocycles. The molecule has 7 nitrogen and oxygen atoms in total. The van der Waals surface area contributed by atoms with Crippen molar-refractivity contribution >= 4 is 5.91 Å². The molecule has 3 rings (SSSR count). The smallest absolute Gasteiger partial charge is 0.220 e. The first kappa shape index (κ1) is 22.9. The Balaban J connectivity index is 1.37. The Morgan fingerprint density at radius 2 is 1.69 bits per heavy atom. The number of carbonyl (C=O) groups is 1. The standard InChI is InChI=1S/C25H28N2O5/c1-3-30-22-7-4-5-8-23(22)32-25-15-10-19(18-27-25)17-26-24(28)9-6-16-31-21-13-11-20(29-2)12-14-21/h4-5,7-8,10-15,18H,3,6,9,16-17H2,1-2H3,(H,26,28). The van der Waals surface area contributed by atoms with Crippen LogP contribution in [0.2, 0.25) is 0 Å². The van der Waals surface area contributed by atoms with E-state index in [2.05, 4.69) is 10.3 Å². The molecule has 0 fully saturated rings. The van der Waals surface area contributed by atoms with Gasteiger partial charge in [0.2, 0.25) is 11.8 Å². The third-order valence-electron chi connectivity index (χ3n) is 4.53. The minimum absolute atomic E-state index is 0.0331. The number of nitrogens with zero attached hydrogens (tertiary/aromatic N) is 1. The van der Waals surface area contributed by atoms with Gasteiger partial charge in [0.05, 0.1) is 20.3 Å². The fourth-order valence-corrected chi connectivity index (χ4v) is 2.88. The SMILES string of the molecule is CCOc1ccccc1Oc1ccc(CNC(=O)CCCOc2ccc(OC)cc2)cn1. The summed E-state index contributed by atoms with van der Waals surface area (Å²) in [6.45, 7) is 3.35. The van der Waals surface area contributed by atoms with Gasteiger partial charge in [0.25, 0.3) is 0 Å². The number of benzene rings is 2. The van der Waals surface area contributed by atoms with Crippen LogP contribution in [0, 0.1) is 0 Å². The molecule has 2 aromatic carbocycles. The summed E-state index contributed by atoms with van der Waals surface area (Å²) >= 11 is 0. The zero-order valence-corrected chi connectivity index (χ0v) is 18.4. The van der Waals surface area contributed by atoms with Crippen LogP contribution in [0.5, 0.6) is 28.9 Å². The summed E-state index contributed by atoms with van der Waals surface area (Å²) in [7, 11) is 1.62. The Labute approximate surface area is 188 Å². The number of pyridine rings is 1. The Morgan fingerprint density at radius 3 is 2.38 bits per heavy atom. The van der Waals surface area contributed by atoms with Crippen LogP contribution in [-0.2, 0) is 11.3 Å². The summed E-state index contributed by atoms with van der Waals surface area (Å²) in [5.74, 6) is 3.24. The number of carbonyl (C=O) groups excluding carboxylic acids is 1. The second kappa shape index (κ2) is 12.2. The predicted octanol–water partition coefficient (Wildman–Crippen LogP) is 4.76. The number of ether oxygens (including phenoxy) is 4. The maximum atomic E-state index is 12.1. The van der Waals surface area contributed by atoms with Crippen LogP contribution >= 0.6 is 0 Å². The average Bonchev–Trinajstić information content (AvgIpc) is 2.83. The summed E-state index contributed by atoms with van der Waals surface area (Å²) in [5, 5.41) is 2.90. The number of aromatic nitrogens is 1. The molecule has 3 aromatic rings. The second-order valence-electron chi connectivity index (χ2n) is 6.89. The highest BCUT2D eigenvalue weighted by Crippen LogP contribution is 2.30. The Bertz CT molecular complexity index is 974. The zero-order chi connectivity index (χ0) is 22.6. The molecule has 0 saturated heterocycles. The van der Waals surface area contributed by atoms with Crippen molar-refractivity contribution in [2.24, 2.45) is 0 Å². The summed E-state index contributed by atoms with van der Waals surface area (Å²) in [6.07, 6.45) is 2.70. The van der Waals surface area contributed by atoms with E-state index >= 15 is 0 Å². The summed E-state index contributed by atoms with van der Waals surface area (Å²) in [4.78, 5) is 16.4. The normalized spacial score (nSPS) is 10.3. The Morgan fingerprint density at radius 1 is 0.938 bits per heavy atom. The van der Waals surface area contributed by atoms with Crippen LogP contribution in [0.15, 0.2) is 66.9 Å². The largest absolute Gasteiger partial charge is 0.497 e. The van der Waals surface area contributed by atoms with E-state index in [0.29, 0.717) is 50.0 Å². The molecule has 1 N–H and O–H groups in total. The Kier molecular flexibility index (Phi) is 8.74. The molecular weight excluding hydrogens is 408 g/mol. The van der Waals surface area contributed by atoms with Crippen LogP contribution in [0.1, 0.15) is 25.3 Å². The Hall–Kier alpha value is -3.74. The van der Waals surface area contributed by atoms with Crippen LogP contribution in [-0.4, -0.2) is 31.2 Å². The molecule has 0 atom stereocenters. The van der Waals surface area contributed by atoms with E-state index in [-0.39, 0.29) is 5.91 Å². The van der Waals surface area contributed by atoms with Gasteiger partial charge < -0.3 is 24.3 Å². The van der Waals surface area contributed by atoms with E-state index in [1.54, 1.807) is 19.4 Å². The fourth-order valence-electron chi connectivity index (χ4n) is 2.88. The lowest BCUT2D eigenvalue weighted by molar-refractivity contribution is -0.121. The summed E-state index contributed by atoms with van der Waals surface area (Å²) in [6, 6.07) is 18.5. The molecule has 1 aromatic heterocycles. The lowest BCUT2D eigenvalue weighted by Crippen LogP contribution is -2.23. The van der Waals surface area contributed by atoms with Crippen LogP contribution in [0.3, 0.4) is 0 Å². The van der Waals surface area contributed by atoms with Gasteiger partial charge in [-0.1, -0.05) is 18.2 Å². The number of hydrogen-bond donors (Lipinski definition) is 1. The van der Waals surface area contributed by atoms with E-state index in [1.807, 2.05) is 61.5 Å². The minimum Gasteiger partial charge on any atom is -0.497 e. The number of hydrogen-bond acceptors (Lipinski definition) is 6. The number of methoxy groups -OCH3 is 1. The molecule has 0 aliphatic carbocycles. The lowest BCUT2D eigenvalue weighted by atomic mass is 10.2. The van der Waals surface area contributed by atoms with Crippen LogP contribution < -0.4 is 24.3 Å². The molecule has 0 radical (unpaired) electrons. The molecule has 1 amide bonds. The van der Waals surface area contributed by atoms with Gasteiger partial charge in [-0.15, -0.1) is 0 Å². The van der Waals surface area contributed by atoms with Gasteiger partial charge in [0, 0.05) is 25.2 Å². The molecule has 1 heterocycles. The monoisotopic (exact) mass is 436 g/mol. The summed E-state index contributed by atoms with van der Waals surface area (Å²) in [5.41, 5.74) is 0.887. The van der Waals surface area contributed by atoms with Gasteiger partial charge in [0.15, 0.2) is 11.5 Å². The number of para-hydroxylation sites is 2. The van der Waals surface area contributed by atoms with Crippen molar-refractivity contribution in [1.29, 1.82) is 0 Å². The molecule has 168 valence electrons. The summed E-state index contributed by atoms with van der Waals surface area (Å²) < 4.78 is 22.1. The topological polar surface area (TPSA) is 78.9 Å². The maximum Gasteiger partial charge on any atom is 0.220 e. The lowest BCUT2D eigenvalue weighted by Gasteiger charge is -2.11. The van der Waals surface area contributed by atoms with E-state index in [1.165, 1.54) is 0 Å². The number of amides is 1. The number of nitrogens with one attached hydrogen (secondary N) is 1. The predicted molar refractivity (Wildman–Crippen MR) is 121 cm³/mol. The molecular formula is C25H28N2O5. The molecule has 0 aliphatic rings. The van der Waals surface area contributed by atoms with E-state index in [9.17, 15) is 4.79 Å². The first-order valence-corrected chi connectivity index (χ1v) is 10.6. The highest BCUT2D eigenvalue weighted by atomic mass is 16.5. The van der Waals surface area contributed by atoms with Crippen molar-refractivity contribution in [2.45, 2.75) is 26.3 Å². The van der Waals surface area contributed by atoms with E-state index in [0.717, 1.165) is 17.1 Å². The van der Waals surface area contributed by atoms with Gasteiger partial charge in [0.1, 0.15) is 11.5 Å². The third kappa shape index (κ3) is 7.19. The van der Waals surface area contributed by atoms with Gasteiger partial charge in [-0.3, -0.25) is 4.79 Å². The van der Waals surface area contributed by atoms with Crippen molar-refractivity contribution in [3.63, 3.8) is 0 Å². The van der Waals surface area contributed by atoms with Gasteiger partial charge in [-0.25, -0.2) is 4.98 Å². The van der Waals surface area contributed by atoms with Gasteiger partial charge in [-0.2, -0.15) is 0 Å². The molecule has 32 heavy (non-hydrogen) atoms. The van der Waals surface area contributed by atoms with Crippen molar-refractivity contribution in [2.75, 3.05) is 20.3 Å². The quantitative estimate of drug-likeness (QED) is 0.413. The fraction of sp³-hybridized carbons (Fsp3) is 0.280.